The first-order valence-corrected chi connectivity index (χ1v) is 11.6. The van der Waals surface area contributed by atoms with Crippen LogP contribution in [0.5, 0.6) is 17.2 Å². The second-order valence-corrected chi connectivity index (χ2v) is 9.24. The van der Waals surface area contributed by atoms with E-state index in [1.54, 1.807) is 24.3 Å². The van der Waals surface area contributed by atoms with Crippen LogP contribution in [0.2, 0.25) is 0 Å². The van der Waals surface area contributed by atoms with Gasteiger partial charge in [0.1, 0.15) is 30.0 Å². The second kappa shape index (κ2) is 10.6. The van der Waals surface area contributed by atoms with E-state index in [9.17, 15) is 9.90 Å². The number of hydrogen-bond acceptors (Lipinski definition) is 5. The zero-order chi connectivity index (χ0) is 24.8. The average molecular weight is 474 g/mol. The van der Waals surface area contributed by atoms with Crippen molar-refractivity contribution >= 4 is 16.8 Å². The third-order valence-corrected chi connectivity index (χ3v) is 5.75. The molecule has 7 heteroatoms. The van der Waals surface area contributed by atoms with Gasteiger partial charge in [-0.25, -0.2) is 0 Å². The number of ether oxygens (including phenoxy) is 2. The lowest BCUT2D eigenvalue weighted by Gasteiger charge is -2.28. The molecule has 0 spiro atoms. The highest BCUT2D eigenvalue weighted by Crippen LogP contribution is 2.25. The van der Waals surface area contributed by atoms with E-state index in [2.05, 4.69) is 24.1 Å². The van der Waals surface area contributed by atoms with E-state index in [0.717, 1.165) is 28.6 Å². The molecule has 4 aromatic rings. The molecule has 7 nitrogen and oxygen atoms in total. The molecule has 0 aliphatic carbocycles. The molecular formula is C28H31N3O4. The van der Waals surface area contributed by atoms with Crippen LogP contribution < -0.4 is 20.5 Å². The number of aromatic nitrogens is 1. The first-order valence-electron chi connectivity index (χ1n) is 11.6. The minimum Gasteiger partial charge on any atom is -0.490 e. The lowest BCUT2D eigenvalue weighted by Crippen LogP contribution is -2.46. The number of primary amides is 1. The molecule has 1 amide bonds. The van der Waals surface area contributed by atoms with Crippen LogP contribution in [0.4, 0.5) is 0 Å². The maximum atomic E-state index is 11.2. The van der Waals surface area contributed by atoms with Gasteiger partial charge < -0.3 is 30.6 Å². The van der Waals surface area contributed by atoms with Crippen molar-refractivity contribution in [3.8, 4) is 17.2 Å². The van der Waals surface area contributed by atoms with Crippen LogP contribution in [-0.2, 0) is 6.42 Å². The van der Waals surface area contributed by atoms with Gasteiger partial charge in [-0.3, -0.25) is 4.79 Å². The van der Waals surface area contributed by atoms with Crippen molar-refractivity contribution < 1.29 is 19.4 Å². The quantitative estimate of drug-likeness (QED) is 0.258. The van der Waals surface area contributed by atoms with Crippen LogP contribution in [0.1, 0.15) is 29.8 Å². The fourth-order valence-corrected chi connectivity index (χ4v) is 3.89. The molecule has 5 N–H and O–H groups in total. The van der Waals surface area contributed by atoms with Crippen molar-refractivity contribution in [3.63, 3.8) is 0 Å². The van der Waals surface area contributed by atoms with E-state index in [1.807, 2.05) is 54.7 Å². The van der Waals surface area contributed by atoms with Gasteiger partial charge in [0.15, 0.2) is 0 Å². The number of amides is 1. The molecule has 0 aliphatic rings. The van der Waals surface area contributed by atoms with E-state index in [4.69, 9.17) is 15.2 Å². The Morgan fingerprint density at radius 2 is 1.71 bits per heavy atom. The monoisotopic (exact) mass is 473 g/mol. The van der Waals surface area contributed by atoms with Gasteiger partial charge in [0.25, 0.3) is 0 Å². The summed E-state index contributed by atoms with van der Waals surface area (Å²) in [5, 5.41) is 14.9. The molecule has 182 valence electrons. The minimum atomic E-state index is -0.639. The number of β-amino-alcohol motifs (C(OH)–C–C–N with tert-alkyl or cyclic N) is 1. The Labute approximate surface area is 204 Å². The summed E-state index contributed by atoms with van der Waals surface area (Å²) in [6.45, 7) is 4.83. The number of aliphatic hydroxyl groups excluding tert-OH is 1. The molecule has 1 heterocycles. The first kappa shape index (κ1) is 24.3. The van der Waals surface area contributed by atoms with Crippen molar-refractivity contribution in [1.82, 2.24) is 10.3 Å². The van der Waals surface area contributed by atoms with Crippen LogP contribution >= 0.6 is 0 Å². The minimum absolute atomic E-state index is 0.208. The largest absolute Gasteiger partial charge is 0.490 e. The van der Waals surface area contributed by atoms with Gasteiger partial charge in [0.05, 0.1) is 0 Å². The Kier molecular flexibility index (Phi) is 7.39. The van der Waals surface area contributed by atoms with Gasteiger partial charge >= 0.3 is 0 Å². The molecular weight excluding hydrogens is 442 g/mol. The summed E-state index contributed by atoms with van der Waals surface area (Å²) < 4.78 is 11.7. The van der Waals surface area contributed by atoms with E-state index in [-0.39, 0.29) is 12.1 Å². The molecule has 0 aliphatic heterocycles. The van der Waals surface area contributed by atoms with Gasteiger partial charge in [0, 0.05) is 34.7 Å². The molecule has 35 heavy (non-hydrogen) atoms. The lowest BCUT2D eigenvalue weighted by molar-refractivity contribution is 0.0995. The smallest absolute Gasteiger partial charge is 0.248 e. The number of hydrogen-bond donors (Lipinski definition) is 4. The SMILES string of the molecule is CC(C)(Cc1ccc(Oc2ccc(C(N)=O)cc2)cc1)NCC(O)COc1cccc2[nH]ccc12. The predicted octanol–water partition coefficient (Wildman–Crippen LogP) is 4.41. The van der Waals surface area contributed by atoms with Crippen molar-refractivity contribution in [2.75, 3.05) is 13.2 Å². The summed E-state index contributed by atoms with van der Waals surface area (Å²) in [5.74, 6) is 1.63. The summed E-state index contributed by atoms with van der Waals surface area (Å²) in [7, 11) is 0. The molecule has 0 fully saturated rings. The van der Waals surface area contributed by atoms with Crippen LogP contribution in [0.3, 0.4) is 0 Å². The number of benzene rings is 3. The van der Waals surface area contributed by atoms with Gasteiger partial charge in [-0.2, -0.15) is 0 Å². The molecule has 0 saturated carbocycles. The van der Waals surface area contributed by atoms with Gasteiger partial charge in [-0.1, -0.05) is 18.2 Å². The lowest BCUT2D eigenvalue weighted by atomic mass is 9.94. The predicted molar refractivity (Wildman–Crippen MR) is 137 cm³/mol. The van der Waals surface area contributed by atoms with Crippen LogP contribution in [0, 0.1) is 0 Å². The van der Waals surface area contributed by atoms with Crippen molar-refractivity contribution in [2.24, 2.45) is 5.73 Å². The molecule has 1 atom stereocenters. The highest BCUT2D eigenvalue weighted by Gasteiger charge is 2.20. The number of rotatable bonds is 11. The second-order valence-electron chi connectivity index (χ2n) is 9.24. The molecule has 1 unspecified atom stereocenters. The van der Waals surface area contributed by atoms with E-state index >= 15 is 0 Å². The van der Waals surface area contributed by atoms with E-state index in [1.165, 1.54) is 0 Å². The molecule has 3 aromatic carbocycles. The third-order valence-electron chi connectivity index (χ3n) is 5.75. The Balaban J connectivity index is 1.25. The number of carbonyl (C=O) groups is 1. The zero-order valence-electron chi connectivity index (χ0n) is 20.0. The molecule has 4 rings (SSSR count). The summed E-state index contributed by atoms with van der Waals surface area (Å²) in [4.78, 5) is 14.3. The maximum Gasteiger partial charge on any atom is 0.248 e. The zero-order valence-corrected chi connectivity index (χ0v) is 20.0. The van der Waals surface area contributed by atoms with Crippen LogP contribution in [0.15, 0.2) is 79.0 Å². The van der Waals surface area contributed by atoms with Gasteiger partial charge in [-0.15, -0.1) is 0 Å². The normalized spacial score (nSPS) is 12.4. The number of aliphatic hydroxyl groups is 1. The molecule has 1 aromatic heterocycles. The first-order chi connectivity index (χ1) is 16.8. The Bertz CT molecular complexity index is 1260. The van der Waals surface area contributed by atoms with Crippen molar-refractivity contribution in [2.45, 2.75) is 31.9 Å². The van der Waals surface area contributed by atoms with Crippen molar-refractivity contribution in [1.29, 1.82) is 0 Å². The molecule has 0 bridgehead atoms. The molecule has 0 saturated heterocycles. The standard InChI is InChI=1S/C28H31N3O4/c1-28(2,31-17-21(32)18-34-26-5-3-4-25-24(26)14-15-30-25)16-19-6-10-22(11-7-19)35-23-12-8-20(9-13-23)27(29)33/h3-15,21,30-32H,16-18H2,1-2H3,(H2,29,33). The average Bonchev–Trinajstić information content (AvgIpc) is 3.32. The summed E-state index contributed by atoms with van der Waals surface area (Å²) in [6, 6.07) is 22.4. The number of nitrogens with one attached hydrogen (secondary N) is 2. The Hall–Kier alpha value is -3.81. The Morgan fingerprint density at radius 1 is 1.03 bits per heavy atom. The topological polar surface area (TPSA) is 110 Å². The maximum absolute atomic E-state index is 11.2. The highest BCUT2D eigenvalue weighted by atomic mass is 16.5. The summed E-state index contributed by atoms with van der Waals surface area (Å²) >= 11 is 0. The number of fused-ring (bicyclic) bond motifs is 1. The number of H-pyrrole nitrogens is 1. The third kappa shape index (κ3) is 6.62. The van der Waals surface area contributed by atoms with Gasteiger partial charge in [-0.05, 0) is 80.4 Å². The van der Waals surface area contributed by atoms with Crippen LogP contribution in [0.25, 0.3) is 10.9 Å². The fraction of sp³-hybridized carbons (Fsp3) is 0.250. The molecule has 0 radical (unpaired) electrons. The van der Waals surface area contributed by atoms with Crippen molar-refractivity contribution in [3.05, 3.63) is 90.1 Å². The number of aromatic amines is 1. The van der Waals surface area contributed by atoms with E-state index < -0.39 is 12.0 Å². The summed E-state index contributed by atoms with van der Waals surface area (Å²) in [5.41, 5.74) is 7.63. The Morgan fingerprint density at radius 3 is 2.40 bits per heavy atom. The van der Waals surface area contributed by atoms with Gasteiger partial charge in [0.2, 0.25) is 5.91 Å². The number of nitrogens with two attached hydrogens (primary N) is 1. The fourth-order valence-electron chi connectivity index (χ4n) is 3.89. The van der Waals surface area contributed by atoms with E-state index in [0.29, 0.717) is 23.6 Å². The summed E-state index contributed by atoms with van der Waals surface area (Å²) in [6.07, 6.45) is 2.01. The van der Waals surface area contributed by atoms with Crippen LogP contribution in [-0.4, -0.2) is 40.8 Å². The number of carbonyl (C=O) groups excluding carboxylic acids is 1. The highest BCUT2D eigenvalue weighted by molar-refractivity contribution is 5.92.